The minimum Gasteiger partial charge on any atom is -0.0843 e. The molecule has 0 aromatic carbocycles. The van der Waals surface area contributed by atoms with Gasteiger partial charge in [-0.1, -0.05) is 36.4 Å². The van der Waals surface area contributed by atoms with Crippen LogP contribution >= 0.6 is 11.6 Å². The van der Waals surface area contributed by atoms with E-state index in [0.29, 0.717) is 5.03 Å². The molecule has 1 heteroatoms. The molecule has 0 atom stereocenters. The zero-order chi connectivity index (χ0) is 5.98. The molecule has 0 spiro atoms. The average molecular weight is 127 g/mol. The first-order valence-electron chi connectivity index (χ1n) is 2.52. The van der Waals surface area contributed by atoms with Crippen molar-refractivity contribution in [3.63, 3.8) is 0 Å². The molecule has 0 saturated carbocycles. The largest absolute Gasteiger partial charge is 0.0843 e. The molecule has 0 aromatic heterocycles. The van der Waals surface area contributed by atoms with Gasteiger partial charge in [0, 0.05) is 5.03 Å². The van der Waals surface area contributed by atoms with E-state index in [9.17, 15) is 0 Å². The van der Waals surface area contributed by atoms with Gasteiger partial charge in [0.1, 0.15) is 0 Å². The highest BCUT2D eigenvalue weighted by atomic mass is 35.5. The van der Waals surface area contributed by atoms with Crippen LogP contribution in [0.15, 0.2) is 35.4 Å². The van der Waals surface area contributed by atoms with Crippen LogP contribution in [0.1, 0.15) is 6.42 Å². The van der Waals surface area contributed by atoms with Gasteiger partial charge in [-0.15, -0.1) is 0 Å². The van der Waals surface area contributed by atoms with Crippen LogP contribution in [0.25, 0.3) is 0 Å². The Kier molecular flexibility index (Phi) is 1.54. The van der Waals surface area contributed by atoms with Crippen molar-refractivity contribution in [1.29, 1.82) is 0 Å². The van der Waals surface area contributed by atoms with Crippen LogP contribution in [0.4, 0.5) is 0 Å². The lowest BCUT2D eigenvalue weighted by molar-refractivity contribution is 1.44. The van der Waals surface area contributed by atoms with Crippen LogP contribution in [-0.2, 0) is 0 Å². The summed E-state index contributed by atoms with van der Waals surface area (Å²) in [4.78, 5) is 0. The third kappa shape index (κ3) is 1.01. The molecule has 8 heavy (non-hydrogen) atoms. The molecular weight excluding hydrogens is 120 g/mol. The van der Waals surface area contributed by atoms with E-state index in [2.05, 4.69) is 18.7 Å². The third-order valence-electron chi connectivity index (χ3n) is 1.08. The SMILES string of the molecule is C=C(Cl)C1=CCC=C1. The van der Waals surface area contributed by atoms with E-state index in [1.807, 2.05) is 6.08 Å². The summed E-state index contributed by atoms with van der Waals surface area (Å²) >= 11 is 5.57. The van der Waals surface area contributed by atoms with Crippen LogP contribution < -0.4 is 0 Å². The number of hydrogen-bond donors (Lipinski definition) is 0. The molecule has 0 aliphatic heterocycles. The van der Waals surface area contributed by atoms with Gasteiger partial charge in [-0.2, -0.15) is 0 Å². The molecular formula is C7H7Cl. The second-order valence-electron chi connectivity index (χ2n) is 1.70. The Hall–Kier alpha value is -0.490. The minimum absolute atomic E-state index is 0.638. The Balaban J connectivity index is 2.72. The highest BCUT2D eigenvalue weighted by Crippen LogP contribution is 2.18. The lowest BCUT2D eigenvalue weighted by Gasteiger charge is -1.88. The average Bonchev–Trinajstić information content (AvgIpc) is 2.12. The van der Waals surface area contributed by atoms with E-state index in [4.69, 9.17) is 11.6 Å². The van der Waals surface area contributed by atoms with Crippen molar-refractivity contribution < 1.29 is 0 Å². The van der Waals surface area contributed by atoms with E-state index in [-0.39, 0.29) is 0 Å². The summed E-state index contributed by atoms with van der Waals surface area (Å²) in [6, 6.07) is 0. The number of allylic oxidation sites excluding steroid dienone is 5. The summed E-state index contributed by atoms with van der Waals surface area (Å²) < 4.78 is 0. The lowest BCUT2D eigenvalue weighted by Crippen LogP contribution is -1.67. The number of rotatable bonds is 1. The van der Waals surface area contributed by atoms with Gasteiger partial charge in [0.2, 0.25) is 0 Å². The fourth-order valence-corrected chi connectivity index (χ4v) is 0.799. The summed E-state index contributed by atoms with van der Waals surface area (Å²) in [5.74, 6) is 0. The van der Waals surface area contributed by atoms with Crippen LogP contribution in [0.3, 0.4) is 0 Å². The van der Waals surface area contributed by atoms with Crippen LogP contribution in [0, 0.1) is 0 Å². The topological polar surface area (TPSA) is 0 Å². The number of halogens is 1. The first-order valence-corrected chi connectivity index (χ1v) is 2.90. The molecule has 0 N–H and O–H groups in total. The van der Waals surface area contributed by atoms with Gasteiger partial charge >= 0.3 is 0 Å². The molecule has 0 saturated heterocycles. The lowest BCUT2D eigenvalue weighted by atomic mass is 10.3. The molecule has 0 unspecified atom stereocenters. The molecule has 0 aromatic rings. The fourth-order valence-electron chi connectivity index (χ4n) is 0.659. The van der Waals surface area contributed by atoms with Gasteiger partial charge in [0.05, 0.1) is 0 Å². The van der Waals surface area contributed by atoms with Crippen LogP contribution in [0.5, 0.6) is 0 Å². The van der Waals surface area contributed by atoms with Crippen LogP contribution in [-0.4, -0.2) is 0 Å². The Bertz CT molecular complexity index is 163. The first kappa shape index (κ1) is 5.64. The maximum absolute atomic E-state index is 5.57. The van der Waals surface area contributed by atoms with Gasteiger partial charge in [-0.3, -0.25) is 0 Å². The summed E-state index contributed by atoms with van der Waals surface area (Å²) in [5.41, 5.74) is 1.06. The molecule has 0 fully saturated rings. The predicted molar refractivity (Wildman–Crippen MR) is 36.8 cm³/mol. The van der Waals surface area contributed by atoms with Crippen molar-refractivity contribution in [1.82, 2.24) is 0 Å². The van der Waals surface area contributed by atoms with Crippen molar-refractivity contribution in [2.24, 2.45) is 0 Å². The van der Waals surface area contributed by atoms with Gasteiger partial charge in [-0.25, -0.2) is 0 Å². The molecule has 0 bridgehead atoms. The van der Waals surface area contributed by atoms with E-state index < -0.39 is 0 Å². The van der Waals surface area contributed by atoms with E-state index in [1.54, 1.807) is 0 Å². The Labute approximate surface area is 54.2 Å². The Morgan fingerprint density at radius 1 is 1.75 bits per heavy atom. The molecule has 1 rings (SSSR count). The fraction of sp³-hybridized carbons (Fsp3) is 0.143. The van der Waals surface area contributed by atoms with Crippen molar-refractivity contribution in [3.8, 4) is 0 Å². The molecule has 0 radical (unpaired) electrons. The summed E-state index contributed by atoms with van der Waals surface area (Å²) in [7, 11) is 0. The van der Waals surface area contributed by atoms with Gasteiger partial charge in [0.15, 0.2) is 0 Å². The molecule has 0 heterocycles. The zero-order valence-electron chi connectivity index (χ0n) is 4.52. The molecule has 0 nitrogen and oxygen atoms in total. The Morgan fingerprint density at radius 2 is 2.50 bits per heavy atom. The van der Waals surface area contributed by atoms with Crippen LogP contribution in [0.2, 0.25) is 0 Å². The highest BCUT2D eigenvalue weighted by molar-refractivity contribution is 6.32. The first-order chi connectivity index (χ1) is 3.80. The molecule has 0 amide bonds. The minimum atomic E-state index is 0.638. The maximum Gasteiger partial charge on any atom is 0.0403 e. The van der Waals surface area contributed by atoms with Crippen molar-refractivity contribution in [2.45, 2.75) is 6.42 Å². The van der Waals surface area contributed by atoms with Gasteiger partial charge in [-0.05, 0) is 12.0 Å². The van der Waals surface area contributed by atoms with E-state index in [1.165, 1.54) is 0 Å². The quantitative estimate of drug-likeness (QED) is 0.507. The monoisotopic (exact) mass is 126 g/mol. The smallest absolute Gasteiger partial charge is 0.0403 e. The standard InChI is InChI=1S/C7H7Cl/c1-6(8)7-4-2-3-5-7/h2,4-5H,1,3H2. The maximum atomic E-state index is 5.57. The summed E-state index contributed by atoms with van der Waals surface area (Å²) in [6.45, 7) is 3.58. The second kappa shape index (κ2) is 2.19. The summed E-state index contributed by atoms with van der Waals surface area (Å²) in [5, 5.41) is 0.638. The molecule has 42 valence electrons. The molecule has 1 aliphatic rings. The van der Waals surface area contributed by atoms with Gasteiger partial charge < -0.3 is 0 Å². The predicted octanol–water partition coefficient (Wildman–Crippen LogP) is 2.63. The summed E-state index contributed by atoms with van der Waals surface area (Å²) in [6.07, 6.45) is 7.09. The van der Waals surface area contributed by atoms with Gasteiger partial charge in [0.25, 0.3) is 0 Å². The van der Waals surface area contributed by atoms with Crippen molar-refractivity contribution in [2.75, 3.05) is 0 Å². The normalized spacial score (nSPS) is 16.4. The molecule has 1 aliphatic carbocycles. The number of hydrogen-bond acceptors (Lipinski definition) is 0. The van der Waals surface area contributed by atoms with E-state index in [0.717, 1.165) is 12.0 Å². The van der Waals surface area contributed by atoms with Crippen molar-refractivity contribution in [3.05, 3.63) is 35.4 Å². The van der Waals surface area contributed by atoms with Crippen molar-refractivity contribution >= 4 is 11.6 Å². The van der Waals surface area contributed by atoms with E-state index >= 15 is 0 Å². The third-order valence-corrected chi connectivity index (χ3v) is 1.30. The zero-order valence-corrected chi connectivity index (χ0v) is 5.28. The Morgan fingerprint density at radius 3 is 2.75 bits per heavy atom. The second-order valence-corrected chi connectivity index (χ2v) is 2.16. The highest BCUT2D eigenvalue weighted by Gasteiger charge is 1.96.